The van der Waals surface area contributed by atoms with Crippen LogP contribution in [0.5, 0.6) is 0 Å². The van der Waals surface area contributed by atoms with Crippen LogP contribution in [0.15, 0.2) is 24.3 Å². The zero-order valence-corrected chi connectivity index (χ0v) is 18.0. The Bertz CT molecular complexity index is 932. The van der Waals surface area contributed by atoms with Gasteiger partial charge in [-0.2, -0.15) is 0 Å². The molecule has 9 heteroatoms. The molecule has 3 N–H and O–H groups in total. The molecule has 2 aliphatic rings. The number of nitrogens with one attached hydrogen (secondary N) is 1. The van der Waals surface area contributed by atoms with Crippen molar-refractivity contribution in [3.8, 4) is 11.3 Å². The number of halogens is 1. The van der Waals surface area contributed by atoms with Gasteiger partial charge in [-0.15, -0.1) is 0 Å². The Hall–Kier alpha value is -2.78. The predicted molar refractivity (Wildman–Crippen MR) is 115 cm³/mol. The fraction of sp³-hybridized carbons (Fsp3) is 0.522. The smallest absolute Gasteiger partial charge is 0.267 e. The number of primary amides is 1. The topological polar surface area (TPSA) is 111 Å². The van der Waals surface area contributed by atoms with Crippen LogP contribution in [0.4, 0.5) is 4.39 Å². The molecule has 2 aromatic rings. The lowest BCUT2D eigenvalue weighted by Crippen LogP contribution is -2.40. The maximum Gasteiger partial charge on any atom is 0.267 e. The molecule has 1 unspecified atom stereocenters. The average Bonchev–Trinajstić information content (AvgIpc) is 3.26. The molecule has 2 amide bonds. The van der Waals surface area contributed by atoms with Gasteiger partial charge >= 0.3 is 0 Å². The number of carbonyl (C=O) groups is 2. The maximum absolute atomic E-state index is 13.3. The van der Waals surface area contributed by atoms with Gasteiger partial charge in [-0.05, 0) is 56.4 Å². The highest BCUT2D eigenvalue weighted by Gasteiger charge is 2.28. The van der Waals surface area contributed by atoms with Crippen molar-refractivity contribution in [1.82, 2.24) is 14.9 Å². The molecule has 1 atom stereocenters. The highest BCUT2D eigenvalue weighted by molar-refractivity contribution is 5.97. The summed E-state index contributed by atoms with van der Waals surface area (Å²) in [5, 5.41) is 0. The molecular weight excluding hydrogens is 415 g/mol. The number of rotatable bonds is 7. The molecule has 4 rings (SSSR count). The van der Waals surface area contributed by atoms with Gasteiger partial charge in [0, 0.05) is 31.2 Å². The molecule has 0 aliphatic carbocycles. The fourth-order valence-electron chi connectivity index (χ4n) is 4.29. The third-order valence-electron chi connectivity index (χ3n) is 6.12. The summed E-state index contributed by atoms with van der Waals surface area (Å²) in [5.74, 6) is -0.269. The summed E-state index contributed by atoms with van der Waals surface area (Å²) in [6, 6.07) is 5.78. The van der Waals surface area contributed by atoms with Crippen LogP contribution in [-0.4, -0.2) is 65.7 Å². The van der Waals surface area contributed by atoms with Gasteiger partial charge in [0.05, 0.1) is 12.7 Å². The molecule has 0 radical (unpaired) electrons. The number of aromatic nitrogens is 2. The Morgan fingerprint density at radius 3 is 2.59 bits per heavy atom. The van der Waals surface area contributed by atoms with E-state index in [4.69, 9.17) is 15.2 Å². The summed E-state index contributed by atoms with van der Waals surface area (Å²) in [5.41, 5.74) is 6.78. The van der Waals surface area contributed by atoms with E-state index in [2.05, 4.69) is 9.97 Å². The highest BCUT2D eigenvalue weighted by atomic mass is 19.1. The Labute approximate surface area is 186 Å². The van der Waals surface area contributed by atoms with Gasteiger partial charge in [-0.1, -0.05) is 0 Å². The maximum atomic E-state index is 13.3. The largest absolute Gasteiger partial charge is 0.376 e. The van der Waals surface area contributed by atoms with Gasteiger partial charge in [0.15, 0.2) is 0 Å². The standard InChI is InChI=1S/C23H29FN4O4/c24-17-6-4-15(5-7-17)20-21(22(25)30)27-23(26-20)16-8-10-28(11-9-16)19(29)14-31-13-18-3-1-2-12-32-18/h4-7,16,18H,1-3,8-14H2,(H2,25,30)(H,26,27). The Morgan fingerprint density at radius 2 is 1.94 bits per heavy atom. The van der Waals surface area contributed by atoms with E-state index in [1.165, 1.54) is 12.1 Å². The first kappa shape index (κ1) is 22.4. The molecule has 0 bridgehead atoms. The summed E-state index contributed by atoms with van der Waals surface area (Å²) < 4.78 is 24.5. The zero-order valence-electron chi connectivity index (χ0n) is 18.0. The van der Waals surface area contributed by atoms with Crippen LogP contribution < -0.4 is 5.73 Å². The van der Waals surface area contributed by atoms with E-state index >= 15 is 0 Å². The van der Waals surface area contributed by atoms with E-state index in [9.17, 15) is 14.0 Å². The number of hydrogen-bond donors (Lipinski definition) is 2. The number of hydrogen-bond acceptors (Lipinski definition) is 5. The van der Waals surface area contributed by atoms with Crippen LogP contribution in [0.1, 0.15) is 54.3 Å². The van der Waals surface area contributed by atoms with Gasteiger partial charge in [0.1, 0.15) is 29.6 Å². The molecule has 8 nitrogen and oxygen atoms in total. The van der Waals surface area contributed by atoms with Crippen LogP contribution >= 0.6 is 0 Å². The lowest BCUT2D eigenvalue weighted by molar-refractivity contribution is -0.139. The molecule has 172 valence electrons. The molecule has 2 aliphatic heterocycles. The summed E-state index contributed by atoms with van der Waals surface area (Å²) in [4.78, 5) is 33.9. The number of carbonyl (C=O) groups excluding carboxylic acids is 2. The Morgan fingerprint density at radius 1 is 1.19 bits per heavy atom. The van der Waals surface area contributed by atoms with Crippen molar-refractivity contribution in [2.24, 2.45) is 5.73 Å². The summed E-state index contributed by atoms with van der Waals surface area (Å²) in [6.45, 7) is 2.46. The Kier molecular flexibility index (Phi) is 7.16. The monoisotopic (exact) mass is 444 g/mol. The number of amides is 2. The molecule has 3 heterocycles. The Balaban J connectivity index is 1.32. The van der Waals surface area contributed by atoms with Crippen LogP contribution in [0.25, 0.3) is 11.3 Å². The number of nitrogens with zero attached hydrogens (tertiary/aromatic N) is 2. The van der Waals surface area contributed by atoms with E-state index in [-0.39, 0.29) is 36.0 Å². The second kappa shape index (κ2) is 10.2. The lowest BCUT2D eigenvalue weighted by Gasteiger charge is -2.31. The van der Waals surface area contributed by atoms with Gasteiger partial charge < -0.3 is 25.1 Å². The van der Waals surface area contributed by atoms with E-state index in [0.717, 1.165) is 25.9 Å². The van der Waals surface area contributed by atoms with Crippen molar-refractivity contribution >= 4 is 11.8 Å². The molecule has 0 saturated carbocycles. The highest BCUT2D eigenvalue weighted by Crippen LogP contribution is 2.30. The normalized spacial score (nSPS) is 19.8. The molecule has 1 aromatic heterocycles. The number of benzene rings is 1. The van der Waals surface area contributed by atoms with E-state index in [1.807, 2.05) is 0 Å². The van der Waals surface area contributed by atoms with Crippen molar-refractivity contribution in [1.29, 1.82) is 0 Å². The molecule has 0 spiro atoms. The SMILES string of the molecule is NC(=O)c1[nH]c(C2CCN(C(=O)COCC3CCCCO3)CC2)nc1-c1ccc(F)cc1. The van der Waals surface area contributed by atoms with Crippen LogP contribution in [0, 0.1) is 5.82 Å². The van der Waals surface area contributed by atoms with Gasteiger partial charge in [0.2, 0.25) is 5.91 Å². The van der Waals surface area contributed by atoms with Gasteiger partial charge in [-0.25, -0.2) is 9.37 Å². The van der Waals surface area contributed by atoms with Gasteiger partial charge in [0.25, 0.3) is 5.91 Å². The number of piperidine rings is 1. The lowest BCUT2D eigenvalue weighted by atomic mass is 9.96. The third kappa shape index (κ3) is 5.34. The van der Waals surface area contributed by atoms with Crippen molar-refractivity contribution < 1.29 is 23.5 Å². The minimum Gasteiger partial charge on any atom is -0.376 e. The summed E-state index contributed by atoms with van der Waals surface area (Å²) in [7, 11) is 0. The fourth-order valence-corrected chi connectivity index (χ4v) is 4.29. The predicted octanol–water partition coefficient (Wildman–Crippen LogP) is 2.61. The van der Waals surface area contributed by atoms with Crippen LogP contribution in [0.2, 0.25) is 0 Å². The van der Waals surface area contributed by atoms with E-state index in [1.54, 1.807) is 17.0 Å². The number of H-pyrrole nitrogens is 1. The molecule has 2 saturated heterocycles. The second-order valence-electron chi connectivity index (χ2n) is 8.38. The first-order valence-corrected chi connectivity index (χ1v) is 11.1. The minimum absolute atomic E-state index is 0.0245. The van der Waals surface area contributed by atoms with Crippen molar-refractivity contribution in [2.45, 2.75) is 44.1 Å². The van der Waals surface area contributed by atoms with Crippen molar-refractivity contribution in [3.63, 3.8) is 0 Å². The minimum atomic E-state index is -0.616. The van der Waals surface area contributed by atoms with Crippen LogP contribution in [-0.2, 0) is 14.3 Å². The molecule has 1 aromatic carbocycles. The number of imidazole rings is 1. The number of likely N-dealkylation sites (tertiary alicyclic amines) is 1. The first-order valence-electron chi connectivity index (χ1n) is 11.1. The molecule has 2 fully saturated rings. The molecule has 32 heavy (non-hydrogen) atoms. The van der Waals surface area contributed by atoms with E-state index < -0.39 is 5.91 Å². The summed E-state index contributed by atoms with van der Waals surface area (Å²) >= 11 is 0. The second-order valence-corrected chi connectivity index (χ2v) is 8.38. The first-order chi connectivity index (χ1) is 15.5. The van der Waals surface area contributed by atoms with E-state index in [0.29, 0.717) is 49.6 Å². The average molecular weight is 445 g/mol. The third-order valence-corrected chi connectivity index (χ3v) is 6.12. The van der Waals surface area contributed by atoms with Crippen LogP contribution in [0.3, 0.4) is 0 Å². The zero-order chi connectivity index (χ0) is 22.5. The molecular formula is C23H29FN4O4. The van der Waals surface area contributed by atoms with Gasteiger partial charge in [-0.3, -0.25) is 9.59 Å². The summed E-state index contributed by atoms with van der Waals surface area (Å²) in [6.07, 6.45) is 4.74. The number of nitrogens with two attached hydrogens (primary N) is 1. The number of aromatic amines is 1. The number of ether oxygens (including phenoxy) is 2. The van der Waals surface area contributed by atoms with Crippen molar-refractivity contribution in [3.05, 3.63) is 41.6 Å². The quantitative estimate of drug-likeness (QED) is 0.682. The van der Waals surface area contributed by atoms with Crippen molar-refractivity contribution in [2.75, 3.05) is 32.9 Å².